The van der Waals surface area contributed by atoms with Crippen molar-refractivity contribution in [2.24, 2.45) is 0 Å². The summed E-state index contributed by atoms with van der Waals surface area (Å²) in [6, 6.07) is 83.9. The number of hydrogen-bond donors (Lipinski definition) is 0. The second-order valence-electron chi connectivity index (χ2n) is 18.0. The van der Waals surface area contributed by atoms with Crippen LogP contribution >= 0.6 is 0 Å². The van der Waals surface area contributed by atoms with Crippen molar-refractivity contribution in [1.82, 2.24) is 4.57 Å². The summed E-state index contributed by atoms with van der Waals surface area (Å²) in [5, 5.41) is 2.22. The van der Waals surface area contributed by atoms with Crippen LogP contribution in [-0.2, 0) is 5.41 Å². The molecule has 1 atom stereocenters. The van der Waals surface area contributed by atoms with E-state index < -0.39 is 11.5 Å². The zero-order valence-electron chi connectivity index (χ0n) is 42.9. The minimum absolute atomic E-state index is 0.138. The van der Waals surface area contributed by atoms with E-state index in [4.69, 9.17) is 4.11 Å². The van der Waals surface area contributed by atoms with Crippen LogP contribution in [0.1, 0.15) is 29.1 Å². The minimum atomic E-state index is -0.745. The Morgan fingerprint density at radius 3 is 1.44 bits per heavy atom. The molecule has 2 aliphatic carbocycles. The normalized spacial score (nSPS) is 15.1. The molecule has 14 rings (SSSR count). The smallest absolute Gasteiger partial charge is 0.0727 e. The number of rotatable bonds is 8. The molecule has 70 heavy (non-hydrogen) atoms. The van der Waals surface area contributed by atoms with Gasteiger partial charge in [-0.25, -0.2) is 0 Å². The summed E-state index contributed by atoms with van der Waals surface area (Å²) >= 11 is 0. The minimum Gasteiger partial charge on any atom is -0.310 e. The van der Waals surface area contributed by atoms with Crippen LogP contribution in [0.2, 0.25) is 0 Å². The fourth-order valence-corrected chi connectivity index (χ4v) is 11.6. The fraction of sp³-hybridized carbons (Fsp3) is 0.0149. The number of anilines is 6. The second kappa shape index (κ2) is 16.0. The molecule has 1 aromatic heterocycles. The Hall–Kier alpha value is -9.18. The molecule has 0 aliphatic heterocycles. The molecule has 3 nitrogen and oxygen atoms in total. The average molecular weight is 897 g/mol. The van der Waals surface area contributed by atoms with E-state index in [1.165, 1.54) is 27.8 Å². The van der Waals surface area contributed by atoms with Crippen molar-refractivity contribution < 1.29 is 6.85 Å². The fourth-order valence-electron chi connectivity index (χ4n) is 11.6. The molecule has 0 saturated heterocycles. The Morgan fingerprint density at radius 1 is 0.329 bits per heavy atom. The first-order valence-corrected chi connectivity index (χ1v) is 23.8. The van der Waals surface area contributed by atoms with Gasteiger partial charge in [0.1, 0.15) is 0 Å². The van der Waals surface area contributed by atoms with E-state index in [1.807, 2.05) is 30.3 Å². The van der Waals surface area contributed by atoms with Gasteiger partial charge < -0.3 is 14.4 Å². The van der Waals surface area contributed by atoms with Gasteiger partial charge in [-0.2, -0.15) is 0 Å². The summed E-state index contributed by atoms with van der Waals surface area (Å²) in [5.41, 5.74) is 17.9. The molecule has 0 radical (unpaired) electrons. The maximum atomic E-state index is 9.29. The van der Waals surface area contributed by atoms with E-state index in [0.717, 1.165) is 72.6 Å². The summed E-state index contributed by atoms with van der Waals surface area (Å²) in [6.07, 6.45) is 0. The molecule has 1 heterocycles. The van der Waals surface area contributed by atoms with Crippen molar-refractivity contribution in [3.63, 3.8) is 0 Å². The molecule has 0 amide bonds. The van der Waals surface area contributed by atoms with Gasteiger partial charge in [-0.15, -0.1) is 0 Å². The van der Waals surface area contributed by atoms with E-state index in [0.29, 0.717) is 11.3 Å². The molecule has 11 aromatic carbocycles. The molecule has 2 aliphatic rings. The second-order valence-corrected chi connectivity index (χ2v) is 18.0. The first kappa shape index (κ1) is 35.0. The number of nitrogens with zero attached hydrogens (tertiary/aromatic N) is 3. The van der Waals surface area contributed by atoms with Crippen molar-refractivity contribution >= 4 is 55.9 Å². The summed E-state index contributed by atoms with van der Waals surface area (Å²) in [4.78, 5) is 4.54. The standard InChI is InChI=1S/C67H45N3/c1-5-21-46(22-6-1)53-29-15-19-35-64(53)69(52-39-42-59-58-32-16-20-36-65(58)70(66(59)45-52)49-27-11-4-12-28-49)51-38-41-57-55-31-14-18-34-61(55)67(63(57)44-51)60-33-17-13-30-54(60)56-40-37-50(43-62(56)67)68(47-23-7-2-8-24-47)48-25-9-3-10-26-48/h1-45H/i1D,5D,6D,21D,22D. The number of hydrogen-bond acceptors (Lipinski definition) is 2. The Bertz CT molecular complexity index is 4190. The van der Waals surface area contributed by atoms with E-state index in [1.54, 1.807) is 0 Å². The molecule has 328 valence electrons. The van der Waals surface area contributed by atoms with E-state index in [-0.39, 0.29) is 29.7 Å². The van der Waals surface area contributed by atoms with Crippen LogP contribution in [-0.4, -0.2) is 4.57 Å². The van der Waals surface area contributed by atoms with Gasteiger partial charge >= 0.3 is 0 Å². The maximum Gasteiger partial charge on any atom is 0.0727 e. The van der Waals surface area contributed by atoms with Crippen LogP contribution in [0.3, 0.4) is 0 Å². The molecule has 1 spiro atoms. The van der Waals surface area contributed by atoms with E-state index in [9.17, 15) is 2.74 Å². The van der Waals surface area contributed by atoms with Gasteiger partial charge in [0.2, 0.25) is 0 Å². The van der Waals surface area contributed by atoms with Crippen molar-refractivity contribution in [3.05, 3.63) is 295 Å². The lowest BCUT2D eigenvalue weighted by molar-refractivity contribution is 0.793. The third-order valence-corrected chi connectivity index (χ3v) is 14.4. The number of fused-ring (bicyclic) bond motifs is 13. The largest absolute Gasteiger partial charge is 0.310 e. The quantitative estimate of drug-likeness (QED) is 0.151. The topological polar surface area (TPSA) is 11.4 Å². The van der Waals surface area contributed by atoms with E-state index in [2.05, 4.69) is 227 Å². The highest BCUT2D eigenvalue weighted by Gasteiger charge is 2.52. The van der Waals surface area contributed by atoms with Crippen molar-refractivity contribution in [2.45, 2.75) is 5.41 Å². The first-order valence-electron chi connectivity index (χ1n) is 26.3. The van der Waals surface area contributed by atoms with Crippen molar-refractivity contribution in [3.8, 4) is 39.1 Å². The van der Waals surface area contributed by atoms with Gasteiger partial charge in [-0.05, 0) is 135 Å². The predicted octanol–water partition coefficient (Wildman–Crippen LogP) is 17.7. The molecular weight excluding hydrogens is 847 g/mol. The zero-order valence-corrected chi connectivity index (χ0v) is 37.9. The monoisotopic (exact) mass is 896 g/mol. The van der Waals surface area contributed by atoms with Gasteiger partial charge in [0.25, 0.3) is 0 Å². The molecular formula is C67H45N3. The Labute approximate surface area is 415 Å². The van der Waals surface area contributed by atoms with Crippen LogP contribution in [0.4, 0.5) is 34.1 Å². The average Bonchev–Trinajstić information content (AvgIpc) is 4.27. The summed E-state index contributed by atoms with van der Waals surface area (Å²) < 4.78 is 47.1. The first-order chi connectivity index (χ1) is 36.8. The third-order valence-electron chi connectivity index (χ3n) is 14.4. The van der Waals surface area contributed by atoms with Gasteiger partial charge in [-0.3, -0.25) is 0 Å². The van der Waals surface area contributed by atoms with Crippen molar-refractivity contribution in [2.75, 3.05) is 9.80 Å². The van der Waals surface area contributed by atoms with Gasteiger partial charge in [0, 0.05) is 50.5 Å². The highest BCUT2D eigenvalue weighted by molar-refractivity contribution is 6.11. The number of benzene rings is 11. The lowest BCUT2D eigenvalue weighted by Crippen LogP contribution is -2.26. The SMILES string of the molecule is [2H]c1c([2H])c([2H])c(-c2ccccc2N(c2ccc3c(c2)C2(c4ccccc4-c4ccc(N(c5ccccc5)c5ccccc5)cc42)c2ccccc2-3)c2ccc3c4ccccc4n(-c4ccccc4)c3c2)c([2H])c1[2H]. The predicted molar refractivity (Wildman–Crippen MR) is 292 cm³/mol. The van der Waals surface area contributed by atoms with Gasteiger partial charge in [0.15, 0.2) is 0 Å². The van der Waals surface area contributed by atoms with Gasteiger partial charge in [0.05, 0.1) is 29.0 Å². The summed E-state index contributed by atoms with van der Waals surface area (Å²) in [5.74, 6) is 0. The third kappa shape index (κ3) is 5.95. The van der Waals surface area contributed by atoms with Crippen LogP contribution in [0.15, 0.2) is 273 Å². The highest BCUT2D eigenvalue weighted by atomic mass is 15.2. The summed E-state index contributed by atoms with van der Waals surface area (Å²) in [6.45, 7) is 0. The highest BCUT2D eigenvalue weighted by Crippen LogP contribution is 2.64. The van der Waals surface area contributed by atoms with E-state index >= 15 is 0 Å². The van der Waals surface area contributed by atoms with Crippen LogP contribution < -0.4 is 9.80 Å². The van der Waals surface area contributed by atoms with Crippen LogP contribution in [0.5, 0.6) is 0 Å². The molecule has 12 aromatic rings. The van der Waals surface area contributed by atoms with Crippen molar-refractivity contribution in [1.29, 1.82) is 0 Å². The molecule has 0 saturated carbocycles. The maximum absolute atomic E-state index is 9.29. The molecule has 0 N–H and O–H groups in total. The molecule has 0 bridgehead atoms. The summed E-state index contributed by atoms with van der Waals surface area (Å²) in [7, 11) is 0. The lowest BCUT2D eigenvalue weighted by Gasteiger charge is -2.33. The van der Waals surface area contributed by atoms with Crippen LogP contribution in [0, 0.1) is 0 Å². The molecule has 0 fully saturated rings. The Morgan fingerprint density at radius 2 is 0.800 bits per heavy atom. The number of aromatic nitrogens is 1. The Kier molecular flexibility index (Phi) is 8.00. The van der Waals surface area contributed by atoms with Gasteiger partial charge in [-0.1, -0.05) is 188 Å². The Balaban J connectivity index is 1.06. The molecule has 3 heteroatoms. The van der Waals surface area contributed by atoms with Crippen LogP contribution in [0.25, 0.3) is 60.9 Å². The lowest BCUT2D eigenvalue weighted by atomic mass is 9.70. The number of para-hydroxylation sites is 5. The zero-order chi connectivity index (χ0) is 50.5. The molecule has 1 unspecified atom stereocenters.